The lowest BCUT2D eigenvalue weighted by atomic mass is 9.79. The molecule has 1 aliphatic heterocycles. The highest BCUT2D eigenvalue weighted by Crippen LogP contribution is 2.54. The summed E-state index contributed by atoms with van der Waals surface area (Å²) in [5, 5.41) is 4.29. The van der Waals surface area contributed by atoms with Crippen LogP contribution in [0.15, 0.2) is 83.6 Å². The third kappa shape index (κ3) is 4.28. The largest absolute Gasteiger partial charge is 0.368 e. The second-order valence-corrected chi connectivity index (χ2v) is 11.1. The average molecular weight is 535 g/mol. The molecule has 5 nitrogen and oxygen atoms in total. The lowest BCUT2D eigenvalue weighted by Gasteiger charge is -2.30. The van der Waals surface area contributed by atoms with Crippen molar-refractivity contribution in [2.45, 2.75) is 24.9 Å². The van der Waals surface area contributed by atoms with Gasteiger partial charge < -0.3 is 10.6 Å². The molecule has 1 aliphatic rings. The quantitative estimate of drug-likeness (QED) is 0.303. The first-order chi connectivity index (χ1) is 17.4. The number of thiophene rings is 2. The molecule has 0 radical (unpaired) electrons. The standard InChI is InChI=1S/C28H23ClN2O3S2/c1-16-12-14-36-26(16)23-22(25(32)18-9-5-10-19(29)15-18)21(20-11-6-13-35-20)24(27(30)33)31(23)28(34)17-7-3-2-4-8-17/h2-15,21-24H,1H3,(H2,30,33). The van der Waals surface area contributed by atoms with Crippen molar-refractivity contribution in [3.63, 3.8) is 0 Å². The van der Waals surface area contributed by atoms with Crippen molar-refractivity contribution in [1.29, 1.82) is 0 Å². The molecule has 182 valence electrons. The Labute approximate surface area is 222 Å². The minimum atomic E-state index is -1.00. The summed E-state index contributed by atoms with van der Waals surface area (Å²) >= 11 is 9.17. The van der Waals surface area contributed by atoms with Crippen LogP contribution in [0.4, 0.5) is 0 Å². The molecule has 4 atom stereocenters. The molecule has 2 N–H and O–H groups in total. The summed E-state index contributed by atoms with van der Waals surface area (Å²) in [5.74, 6) is -2.49. The molecule has 5 rings (SSSR count). The van der Waals surface area contributed by atoms with E-state index in [0.717, 1.165) is 15.3 Å². The minimum Gasteiger partial charge on any atom is -0.368 e. The van der Waals surface area contributed by atoms with Gasteiger partial charge in [-0.3, -0.25) is 14.4 Å². The van der Waals surface area contributed by atoms with Crippen LogP contribution in [0.25, 0.3) is 0 Å². The first-order valence-corrected chi connectivity index (χ1v) is 13.6. The fourth-order valence-corrected chi connectivity index (χ4v) is 7.31. The van der Waals surface area contributed by atoms with Gasteiger partial charge in [-0.1, -0.05) is 48.0 Å². The normalized spacial score (nSPS) is 21.4. The molecule has 2 amide bonds. The fraction of sp³-hybridized carbons (Fsp3) is 0.179. The van der Waals surface area contributed by atoms with E-state index in [2.05, 4.69) is 0 Å². The predicted octanol–water partition coefficient (Wildman–Crippen LogP) is 6.11. The van der Waals surface area contributed by atoms with Gasteiger partial charge in [0.25, 0.3) is 5.91 Å². The van der Waals surface area contributed by atoms with E-state index in [4.69, 9.17) is 17.3 Å². The van der Waals surface area contributed by atoms with Crippen LogP contribution in [0.2, 0.25) is 5.02 Å². The number of carbonyl (C=O) groups is 3. The van der Waals surface area contributed by atoms with Crippen LogP contribution >= 0.6 is 34.3 Å². The highest BCUT2D eigenvalue weighted by molar-refractivity contribution is 7.10. The van der Waals surface area contributed by atoms with E-state index >= 15 is 0 Å². The molecule has 0 bridgehead atoms. The lowest BCUT2D eigenvalue weighted by Crippen LogP contribution is -2.46. The van der Waals surface area contributed by atoms with Crippen LogP contribution in [0.1, 0.15) is 48.0 Å². The third-order valence-corrected chi connectivity index (χ3v) is 8.97. The van der Waals surface area contributed by atoms with Crippen LogP contribution in [-0.2, 0) is 4.79 Å². The molecule has 2 aromatic carbocycles. The van der Waals surface area contributed by atoms with Crippen molar-refractivity contribution in [2.75, 3.05) is 0 Å². The third-order valence-electron chi connectivity index (χ3n) is 6.67. The van der Waals surface area contributed by atoms with E-state index in [-0.39, 0.29) is 11.7 Å². The number of likely N-dealkylation sites (tertiary alicyclic amines) is 1. The van der Waals surface area contributed by atoms with Crippen molar-refractivity contribution in [1.82, 2.24) is 4.90 Å². The number of carbonyl (C=O) groups excluding carboxylic acids is 3. The number of hydrogen-bond donors (Lipinski definition) is 1. The van der Waals surface area contributed by atoms with Crippen molar-refractivity contribution in [3.8, 4) is 0 Å². The Morgan fingerprint density at radius 1 is 0.889 bits per heavy atom. The van der Waals surface area contributed by atoms with Crippen LogP contribution < -0.4 is 5.73 Å². The number of aryl methyl sites for hydroxylation is 1. The number of Topliss-reactive ketones (excluding diaryl/α,β-unsaturated/α-hetero) is 1. The van der Waals surface area contributed by atoms with Gasteiger partial charge in [-0.2, -0.15) is 0 Å². The second kappa shape index (κ2) is 10.0. The van der Waals surface area contributed by atoms with Gasteiger partial charge >= 0.3 is 0 Å². The number of halogens is 1. The van der Waals surface area contributed by atoms with Gasteiger partial charge in [0, 0.05) is 31.8 Å². The maximum Gasteiger partial charge on any atom is 0.255 e. The number of hydrogen-bond acceptors (Lipinski definition) is 5. The first-order valence-electron chi connectivity index (χ1n) is 11.4. The summed E-state index contributed by atoms with van der Waals surface area (Å²) < 4.78 is 0. The van der Waals surface area contributed by atoms with E-state index < -0.39 is 29.8 Å². The predicted molar refractivity (Wildman–Crippen MR) is 144 cm³/mol. The molecule has 4 unspecified atom stereocenters. The Bertz CT molecular complexity index is 1420. The summed E-state index contributed by atoms with van der Waals surface area (Å²) in [5.41, 5.74) is 7.85. The number of nitrogens with two attached hydrogens (primary N) is 1. The summed E-state index contributed by atoms with van der Waals surface area (Å²) in [4.78, 5) is 44.7. The highest BCUT2D eigenvalue weighted by Gasteiger charge is 2.58. The molecular formula is C28H23ClN2O3S2. The number of benzene rings is 2. The summed E-state index contributed by atoms with van der Waals surface area (Å²) in [6.07, 6.45) is 0. The van der Waals surface area contributed by atoms with Gasteiger partial charge in [0.05, 0.1) is 12.0 Å². The number of nitrogens with zero attached hydrogens (tertiary/aromatic N) is 1. The van der Waals surface area contributed by atoms with Crippen LogP contribution in [0.5, 0.6) is 0 Å². The van der Waals surface area contributed by atoms with Gasteiger partial charge in [-0.05, 0) is 59.6 Å². The molecule has 2 aromatic heterocycles. The minimum absolute atomic E-state index is 0.177. The average Bonchev–Trinajstić information content (AvgIpc) is 3.62. The van der Waals surface area contributed by atoms with Crippen LogP contribution in [0.3, 0.4) is 0 Å². The highest BCUT2D eigenvalue weighted by atomic mass is 35.5. The van der Waals surface area contributed by atoms with Gasteiger partial charge in [-0.15, -0.1) is 22.7 Å². The van der Waals surface area contributed by atoms with Gasteiger partial charge in [-0.25, -0.2) is 0 Å². The summed E-state index contributed by atoms with van der Waals surface area (Å²) in [7, 11) is 0. The number of primary amides is 1. The zero-order valence-corrected chi connectivity index (χ0v) is 21.7. The van der Waals surface area contributed by atoms with E-state index in [0.29, 0.717) is 16.1 Å². The number of ketones is 1. The first kappa shape index (κ1) is 24.4. The summed E-state index contributed by atoms with van der Waals surface area (Å²) in [6, 6.07) is 19.7. The molecule has 3 heterocycles. The maximum atomic E-state index is 14.3. The molecule has 0 spiro atoms. The summed E-state index contributed by atoms with van der Waals surface area (Å²) in [6.45, 7) is 1.95. The van der Waals surface area contributed by atoms with Crippen molar-refractivity contribution < 1.29 is 14.4 Å². The van der Waals surface area contributed by atoms with E-state index in [1.165, 1.54) is 22.7 Å². The Kier molecular flexibility index (Phi) is 6.79. The zero-order chi connectivity index (χ0) is 25.4. The molecule has 36 heavy (non-hydrogen) atoms. The number of amides is 2. The lowest BCUT2D eigenvalue weighted by molar-refractivity contribution is -0.122. The molecule has 4 aromatic rings. The van der Waals surface area contributed by atoms with E-state index in [1.54, 1.807) is 53.4 Å². The monoisotopic (exact) mass is 534 g/mol. The van der Waals surface area contributed by atoms with Crippen molar-refractivity contribution in [2.24, 2.45) is 11.7 Å². The molecule has 0 saturated carbocycles. The van der Waals surface area contributed by atoms with E-state index in [1.807, 2.05) is 41.9 Å². The molecular weight excluding hydrogens is 512 g/mol. The van der Waals surface area contributed by atoms with E-state index in [9.17, 15) is 14.4 Å². The Balaban J connectivity index is 1.76. The molecule has 0 aliphatic carbocycles. The molecule has 8 heteroatoms. The Morgan fingerprint density at radius 2 is 1.64 bits per heavy atom. The zero-order valence-electron chi connectivity index (χ0n) is 19.3. The van der Waals surface area contributed by atoms with Crippen LogP contribution in [0, 0.1) is 12.8 Å². The van der Waals surface area contributed by atoms with Gasteiger partial charge in [0.1, 0.15) is 6.04 Å². The fourth-order valence-electron chi connectivity index (χ4n) is 5.14. The molecule has 1 fully saturated rings. The number of rotatable bonds is 6. The SMILES string of the molecule is Cc1ccsc1C1C(C(=O)c2cccc(Cl)c2)C(c2cccs2)C(C(N)=O)N1C(=O)c1ccccc1. The maximum absolute atomic E-state index is 14.3. The Hall–Kier alpha value is -3.26. The van der Waals surface area contributed by atoms with Crippen molar-refractivity contribution >= 4 is 51.9 Å². The topological polar surface area (TPSA) is 80.5 Å². The van der Waals surface area contributed by atoms with Crippen molar-refractivity contribution in [3.05, 3.63) is 115 Å². The molecule has 1 saturated heterocycles. The van der Waals surface area contributed by atoms with Gasteiger partial charge in [0.15, 0.2) is 5.78 Å². The second-order valence-electron chi connectivity index (χ2n) is 8.78. The Morgan fingerprint density at radius 3 is 2.25 bits per heavy atom. The van der Waals surface area contributed by atoms with Crippen LogP contribution in [-0.4, -0.2) is 28.5 Å². The smallest absolute Gasteiger partial charge is 0.255 e. The van der Waals surface area contributed by atoms with Gasteiger partial charge in [0.2, 0.25) is 5.91 Å².